The fourth-order valence-corrected chi connectivity index (χ4v) is 6.13. The lowest BCUT2D eigenvalue weighted by molar-refractivity contribution is -0.133. The van der Waals surface area contributed by atoms with Crippen molar-refractivity contribution in [3.05, 3.63) is 53.9 Å². The number of nitrogens with zero attached hydrogens (tertiary/aromatic N) is 5. The van der Waals surface area contributed by atoms with Gasteiger partial charge in [0.05, 0.1) is 16.9 Å². The van der Waals surface area contributed by atoms with E-state index in [2.05, 4.69) is 37.6 Å². The van der Waals surface area contributed by atoms with Crippen molar-refractivity contribution in [2.75, 3.05) is 29.5 Å². The summed E-state index contributed by atoms with van der Waals surface area (Å²) in [7, 11) is 0. The van der Waals surface area contributed by atoms with Gasteiger partial charge in [0.1, 0.15) is 17.3 Å². The molecule has 236 valence electrons. The van der Waals surface area contributed by atoms with Gasteiger partial charge in [-0.15, -0.1) is 0 Å². The Bertz CT molecular complexity index is 1710. The minimum absolute atomic E-state index is 0.0259. The van der Waals surface area contributed by atoms with Crippen molar-refractivity contribution in [2.45, 2.75) is 83.6 Å². The van der Waals surface area contributed by atoms with E-state index in [1.54, 1.807) is 6.07 Å². The largest absolute Gasteiger partial charge is 0.383 e. The van der Waals surface area contributed by atoms with Crippen LogP contribution in [0.15, 0.2) is 47.1 Å². The molecule has 1 aromatic carbocycles. The maximum absolute atomic E-state index is 13.1. The van der Waals surface area contributed by atoms with E-state index in [1.807, 2.05) is 56.1 Å². The molecule has 11 nitrogen and oxygen atoms in total. The van der Waals surface area contributed by atoms with E-state index >= 15 is 0 Å². The summed E-state index contributed by atoms with van der Waals surface area (Å²) >= 11 is 0. The first-order valence-electron chi connectivity index (χ1n) is 15.9. The number of carbonyl (C=O) groups excluding carboxylic acids is 2. The Morgan fingerprint density at radius 1 is 1.07 bits per heavy atom. The monoisotopic (exact) mass is 610 g/mol. The molecule has 1 fully saturated rings. The maximum Gasteiger partial charge on any atom is 0.324 e. The van der Waals surface area contributed by atoms with Crippen LogP contribution in [0.5, 0.6) is 0 Å². The van der Waals surface area contributed by atoms with Crippen molar-refractivity contribution in [1.82, 2.24) is 24.8 Å². The van der Waals surface area contributed by atoms with Gasteiger partial charge in [-0.05, 0) is 44.2 Å². The minimum atomic E-state index is -0.424. The number of nitrogens with two attached hydrogens (primary N) is 1. The van der Waals surface area contributed by atoms with E-state index in [0.29, 0.717) is 36.0 Å². The first-order valence-corrected chi connectivity index (χ1v) is 15.9. The summed E-state index contributed by atoms with van der Waals surface area (Å²) < 4.78 is 7.44. The number of nitrogens with one attached hydrogen (secondary N) is 2. The Hall–Kier alpha value is -4.67. The summed E-state index contributed by atoms with van der Waals surface area (Å²) in [6, 6.07) is 8.82. The van der Waals surface area contributed by atoms with E-state index in [-0.39, 0.29) is 17.4 Å². The number of aromatic nitrogens is 4. The van der Waals surface area contributed by atoms with Crippen LogP contribution in [0.25, 0.3) is 28.2 Å². The van der Waals surface area contributed by atoms with Crippen LogP contribution in [0.1, 0.15) is 89.5 Å². The van der Waals surface area contributed by atoms with Crippen LogP contribution < -0.4 is 16.4 Å². The number of urea groups is 1. The predicted molar refractivity (Wildman–Crippen MR) is 177 cm³/mol. The minimum Gasteiger partial charge on any atom is -0.383 e. The van der Waals surface area contributed by atoms with Crippen molar-refractivity contribution >= 4 is 46.2 Å². The van der Waals surface area contributed by atoms with Gasteiger partial charge in [0, 0.05) is 54.0 Å². The second-order valence-electron chi connectivity index (χ2n) is 13.1. The Labute approximate surface area is 263 Å². The van der Waals surface area contributed by atoms with Gasteiger partial charge in [0.25, 0.3) is 0 Å². The molecule has 2 aliphatic heterocycles. The number of allylic oxidation sites excluding steroid dienone is 1. The first-order chi connectivity index (χ1) is 21.7. The molecule has 0 spiro atoms. The van der Waals surface area contributed by atoms with E-state index in [0.717, 1.165) is 79.2 Å². The number of anilines is 3. The molecule has 0 radical (unpaired) electrons. The van der Waals surface area contributed by atoms with Gasteiger partial charge in [-0.3, -0.25) is 14.8 Å². The summed E-state index contributed by atoms with van der Waals surface area (Å²) in [5.41, 5.74) is 10.4. The van der Waals surface area contributed by atoms with E-state index in [4.69, 9.17) is 15.4 Å². The summed E-state index contributed by atoms with van der Waals surface area (Å²) in [6.07, 6.45) is 13.8. The first kappa shape index (κ1) is 30.4. The Morgan fingerprint density at radius 2 is 1.87 bits per heavy atom. The number of benzene rings is 1. The van der Waals surface area contributed by atoms with Crippen LogP contribution in [0.3, 0.4) is 0 Å². The third-order valence-corrected chi connectivity index (χ3v) is 8.59. The molecule has 5 heterocycles. The SMILES string of the molecule is CC(C)(C)c1cc(NC(=O)Nc2ccc(-c3nn4c5c(cnc(N)c35)/C=C/CCCCCCC(=O)N3CCC[C@@H]4C3)cc2)no1. The molecule has 0 aliphatic carbocycles. The standard InChI is InChI=1S/C34H42N8O3/c1-34(2,3)26-19-27(40-45-26)38-33(44)37-24-16-14-22(15-17-24)30-29-31-23(20-36-32(29)35)11-8-6-4-5-7-9-13-28(43)41-18-10-12-25(21-41)42(31)39-30/h8,11,14-17,19-20,25H,4-7,9-10,12-13,18,21H2,1-3H3,(H2,35,36)(H2,37,38,40,44)/b11-8+/t25-/m1/s1. The molecule has 1 saturated heterocycles. The van der Waals surface area contributed by atoms with E-state index < -0.39 is 6.03 Å². The van der Waals surface area contributed by atoms with Gasteiger partial charge in [-0.25, -0.2) is 9.78 Å². The molecule has 4 N–H and O–H groups in total. The number of hydrogen-bond acceptors (Lipinski definition) is 7. The summed E-state index contributed by atoms with van der Waals surface area (Å²) in [5.74, 6) is 1.67. The number of nitrogen functional groups attached to an aromatic ring is 1. The lowest BCUT2D eigenvalue weighted by Gasteiger charge is -2.33. The molecule has 4 aromatic rings. The highest BCUT2D eigenvalue weighted by atomic mass is 16.5. The number of pyridine rings is 1. The Morgan fingerprint density at radius 3 is 2.64 bits per heavy atom. The lowest BCUT2D eigenvalue weighted by Crippen LogP contribution is -2.40. The molecular formula is C34H42N8O3. The van der Waals surface area contributed by atoms with Crippen LogP contribution in [0, 0.1) is 0 Å². The predicted octanol–water partition coefficient (Wildman–Crippen LogP) is 7.14. The third kappa shape index (κ3) is 6.72. The highest BCUT2D eigenvalue weighted by Crippen LogP contribution is 2.37. The number of amides is 3. The number of carbonyl (C=O) groups is 2. The van der Waals surface area contributed by atoms with Crippen LogP contribution >= 0.6 is 0 Å². The molecule has 3 amide bonds. The summed E-state index contributed by atoms with van der Waals surface area (Å²) in [4.78, 5) is 32.3. The molecular weight excluding hydrogens is 568 g/mol. The fourth-order valence-electron chi connectivity index (χ4n) is 6.13. The van der Waals surface area contributed by atoms with Crippen LogP contribution in [-0.2, 0) is 10.2 Å². The zero-order chi connectivity index (χ0) is 31.6. The number of piperidine rings is 1. The van der Waals surface area contributed by atoms with Crippen LogP contribution in [0.4, 0.5) is 22.1 Å². The lowest BCUT2D eigenvalue weighted by atomic mass is 9.93. The number of hydrogen-bond donors (Lipinski definition) is 3. The van der Waals surface area contributed by atoms with Crippen molar-refractivity contribution in [1.29, 1.82) is 0 Å². The zero-order valence-electron chi connectivity index (χ0n) is 26.3. The third-order valence-electron chi connectivity index (χ3n) is 8.59. The molecule has 45 heavy (non-hydrogen) atoms. The molecule has 0 unspecified atom stereocenters. The van der Waals surface area contributed by atoms with Gasteiger partial charge < -0.3 is 20.5 Å². The topological polar surface area (TPSA) is 144 Å². The van der Waals surface area contributed by atoms with Crippen molar-refractivity contribution < 1.29 is 14.1 Å². The maximum atomic E-state index is 13.1. The van der Waals surface area contributed by atoms with Crippen molar-refractivity contribution in [3.8, 4) is 11.3 Å². The van der Waals surface area contributed by atoms with Gasteiger partial charge in [-0.1, -0.05) is 63.1 Å². The highest BCUT2D eigenvalue weighted by Gasteiger charge is 2.29. The molecule has 2 bridgehead atoms. The van der Waals surface area contributed by atoms with Crippen molar-refractivity contribution in [3.63, 3.8) is 0 Å². The van der Waals surface area contributed by atoms with Crippen molar-refractivity contribution in [2.24, 2.45) is 0 Å². The van der Waals surface area contributed by atoms with Gasteiger partial charge in [0.15, 0.2) is 5.82 Å². The average Bonchev–Trinajstić information content (AvgIpc) is 3.66. The van der Waals surface area contributed by atoms with E-state index in [1.165, 1.54) is 0 Å². The zero-order valence-corrected chi connectivity index (χ0v) is 26.3. The van der Waals surface area contributed by atoms with Crippen LogP contribution in [-0.4, -0.2) is 49.8 Å². The fraction of sp³-hybridized carbons (Fsp3) is 0.441. The quantitative estimate of drug-likeness (QED) is 0.224. The molecule has 2 aliphatic rings. The Balaban J connectivity index is 1.30. The molecule has 6 rings (SSSR count). The molecule has 1 atom stereocenters. The normalized spacial score (nSPS) is 18.7. The smallest absolute Gasteiger partial charge is 0.324 e. The van der Waals surface area contributed by atoms with E-state index in [9.17, 15) is 9.59 Å². The van der Waals surface area contributed by atoms with Gasteiger partial charge in [-0.2, -0.15) is 5.10 Å². The summed E-state index contributed by atoms with van der Waals surface area (Å²) in [6.45, 7) is 7.45. The number of fused-ring (bicyclic) bond motifs is 3. The average molecular weight is 611 g/mol. The van der Waals surface area contributed by atoms with Gasteiger partial charge >= 0.3 is 6.03 Å². The van der Waals surface area contributed by atoms with Crippen LogP contribution in [0.2, 0.25) is 0 Å². The summed E-state index contributed by atoms with van der Waals surface area (Å²) in [5, 5.41) is 15.5. The number of rotatable bonds is 3. The van der Waals surface area contributed by atoms with Gasteiger partial charge in [0.2, 0.25) is 5.91 Å². The molecule has 0 saturated carbocycles. The second-order valence-corrected chi connectivity index (χ2v) is 13.1. The molecule has 11 heteroatoms. The highest BCUT2D eigenvalue weighted by molar-refractivity contribution is 6.04. The molecule has 3 aromatic heterocycles. The Kier molecular flexibility index (Phi) is 8.60. The second kappa shape index (κ2) is 12.7.